The van der Waals surface area contributed by atoms with Crippen molar-refractivity contribution in [1.82, 2.24) is 4.98 Å². The topological polar surface area (TPSA) is 82.2 Å². The van der Waals surface area contributed by atoms with Gasteiger partial charge in [-0.1, -0.05) is 20.3 Å². The number of aromatic amines is 1. The quantitative estimate of drug-likeness (QED) is 0.785. The van der Waals surface area contributed by atoms with E-state index in [4.69, 9.17) is 5.11 Å². The third kappa shape index (κ3) is 2.50. The molecule has 1 unspecified atom stereocenters. The van der Waals surface area contributed by atoms with Gasteiger partial charge in [0.25, 0.3) is 0 Å². The van der Waals surface area contributed by atoms with Gasteiger partial charge in [0.2, 0.25) is 5.91 Å². The second-order valence-electron chi connectivity index (χ2n) is 5.93. The van der Waals surface area contributed by atoms with Crippen molar-refractivity contribution in [3.8, 4) is 0 Å². The molecule has 1 aromatic rings. The Morgan fingerprint density at radius 1 is 1.47 bits per heavy atom. The van der Waals surface area contributed by atoms with E-state index in [9.17, 15) is 9.59 Å². The van der Waals surface area contributed by atoms with Crippen molar-refractivity contribution in [3.05, 3.63) is 17.5 Å². The lowest BCUT2D eigenvalue weighted by atomic mass is 9.81. The summed E-state index contributed by atoms with van der Waals surface area (Å²) in [6.45, 7) is 5.86. The zero-order valence-corrected chi connectivity index (χ0v) is 11.5. The molecule has 1 aliphatic rings. The summed E-state index contributed by atoms with van der Waals surface area (Å²) in [6.07, 6.45) is 4.48. The summed E-state index contributed by atoms with van der Waals surface area (Å²) in [5.74, 6) is -1.16. The number of hydrogen-bond donors (Lipinski definition) is 3. The number of carboxylic acids is 1. The molecule has 1 atom stereocenters. The molecule has 1 aliphatic carbocycles. The van der Waals surface area contributed by atoms with Crippen molar-refractivity contribution >= 4 is 17.6 Å². The van der Waals surface area contributed by atoms with Crippen LogP contribution in [0, 0.1) is 18.3 Å². The molecule has 1 fully saturated rings. The molecule has 3 N–H and O–H groups in total. The van der Waals surface area contributed by atoms with Crippen LogP contribution in [0.2, 0.25) is 0 Å². The van der Waals surface area contributed by atoms with E-state index < -0.39 is 5.97 Å². The molecule has 1 amide bonds. The predicted molar refractivity (Wildman–Crippen MR) is 72.2 cm³/mol. The smallest absolute Gasteiger partial charge is 0.339 e. The van der Waals surface area contributed by atoms with Gasteiger partial charge in [-0.25, -0.2) is 4.79 Å². The van der Waals surface area contributed by atoms with Crippen LogP contribution in [0.15, 0.2) is 6.20 Å². The first kappa shape index (κ1) is 13.6. The number of hydrogen-bond acceptors (Lipinski definition) is 2. The minimum atomic E-state index is -1.03. The lowest BCUT2D eigenvalue weighted by Crippen LogP contribution is -2.31. The standard InChI is InChI=1S/C14H20N2O3/c1-8-11(13(18)19)10(7-15-8)16-12(17)9-5-4-6-14(9,2)3/h7,9,15H,4-6H2,1-3H3,(H,16,17)(H,18,19). The van der Waals surface area contributed by atoms with Crippen LogP contribution in [0.1, 0.15) is 49.2 Å². The lowest BCUT2D eigenvalue weighted by Gasteiger charge is -2.25. The van der Waals surface area contributed by atoms with Gasteiger partial charge in [-0.3, -0.25) is 4.79 Å². The highest BCUT2D eigenvalue weighted by atomic mass is 16.4. The average molecular weight is 264 g/mol. The molecular weight excluding hydrogens is 244 g/mol. The average Bonchev–Trinajstić information content (AvgIpc) is 2.81. The van der Waals surface area contributed by atoms with Crippen LogP contribution in [0.25, 0.3) is 0 Å². The van der Waals surface area contributed by atoms with Crippen molar-refractivity contribution in [2.24, 2.45) is 11.3 Å². The number of rotatable bonds is 3. The molecule has 104 valence electrons. The monoisotopic (exact) mass is 264 g/mol. The third-order valence-corrected chi connectivity index (χ3v) is 4.12. The summed E-state index contributed by atoms with van der Waals surface area (Å²) in [5, 5.41) is 11.9. The van der Waals surface area contributed by atoms with Crippen LogP contribution in [0.5, 0.6) is 0 Å². The fourth-order valence-electron chi connectivity index (χ4n) is 2.93. The molecular formula is C14H20N2O3. The Bertz CT molecular complexity index is 517. The number of carboxylic acid groups (broad SMARTS) is 1. The van der Waals surface area contributed by atoms with E-state index in [-0.39, 0.29) is 22.8 Å². The van der Waals surface area contributed by atoms with Crippen molar-refractivity contribution < 1.29 is 14.7 Å². The molecule has 1 heterocycles. The highest BCUT2D eigenvalue weighted by Gasteiger charge is 2.39. The fourth-order valence-corrected chi connectivity index (χ4v) is 2.93. The van der Waals surface area contributed by atoms with Crippen LogP contribution in [0.3, 0.4) is 0 Å². The van der Waals surface area contributed by atoms with E-state index in [1.54, 1.807) is 13.1 Å². The first-order valence-corrected chi connectivity index (χ1v) is 6.55. The Balaban J connectivity index is 2.18. The Morgan fingerprint density at radius 2 is 2.16 bits per heavy atom. The Morgan fingerprint density at radius 3 is 2.68 bits per heavy atom. The Kier molecular flexibility index (Phi) is 3.39. The number of aryl methyl sites for hydroxylation is 1. The first-order valence-electron chi connectivity index (χ1n) is 6.55. The van der Waals surface area contributed by atoms with E-state index in [2.05, 4.69) is 24.1 Å². The molecule has 0 bridgehead atoms. The largest absolute Gasteiger partial charge is 0.478 e. The Labute approximate surface area is 112 Å². The van der Waals surface area contributed by atoms with Gasteiger partial charge < -0.3 is 15.4 Å². The van der Waals surface area contributed by atoms with Crippen molar-refractivity contribution in [2.45, 2.75) is 40.0 Å². The van der Waals surface area contributed by atoms with Crippen molar-refractivity contribution in [1.29, 1.82) is 0 Å². The number of aromatic nitrogens is 1. The number of H-pyrrole nitrogens is 1. The van der Waals surface area contributed by atoms with Crippen LogP contribution in [-0.2, 0) is 4.79 Å². The van der Waals surface area contributed by atoms with Crippen LogP contribution in [0.4, 0.5) is 5.69 Å². The number of carbonyl (C=O) groups is 2. The molecule has 5 nitrogen and oxygen atoms in total. The van der Waals surface area contributed by atoms with Crippen LogP contribution < -0.4 is 5.32 Å². The molecule has 0 radical (unpaired) electrons. The second-order valence-corrected chi connectivity index (χ2v) is 5.93. The maximum atomic E-state index is 12.3. The van der Waals surface area contributed by atoms with E-state index in [1.165, 1.54) is 0 Å². The van der Waals surface area contributed by atoms with E-state index in [0.717, 1.165) is 19.3 Å². The highest BCUT2D eigenvalue weighted by molar-refractivity contribution is 6.02. The van der Waals surface area contributed by atoms with E-state index >= 15 is 0 Å². The molecule has 1 saturated carbocycles. The third-order valence-electron chi connectivity index (χ3n) is 4.12. The zero-order valence-electron chi connectivity index (χ0n) is 11.5. The predicted octanol–water partition coefficient (Wildman–Crippen LogP) is 2.79. The summed E-state index contributed by atoms with van der Waals surface area (Å²) < 4.78 is 0. The van der Waals surface area contributed by atoms with E-state index in [0.29, 0.717) is 11.4 Å². The summed E-state index contributed by atoms with van der Waals surface area (Å²) in [4.78, 5) is 26.3. The normalized spacial score (nSPS) is 21.3. The van der Waals surface area contributed by atoms with E-state index in [1.807, 2.05) is 0 Å². The number of amides is 1. The van der Waals surface area contributed by atoms with Gasteiger partial charge in [0, 0.05) is 17.8 Å². The molecule has 0 aromatic carbocycles. The number of nitrogens with one attached hydrogen (secondary N) is 2. The molecule has 5 heteroatoms. The van der Waals surface area contributed by atoms with Gasteiger partial charge in [0.15, 0.2) is 0 Å². The fraction of sp³-hybridized carbons (Fsp3) is 0.571. The SMILES string of the molecule is Cc1[nH]cc(NC(=O)C2CCCC2(C)C)c1C(=O)O. The van der Waals surface area contributed by atoms with Crippen molar-refractivity contribution in [2.75, 3.05) is 5.32 Å². The Hall–Kier alpha value is -1.78. The van der Waals surface area contributed by atoms with Gasteiger partial charge in [0.1, 0.15) is 5.56 Å². The van der Waals surface area contributed by atoms with Gasteiger partial charge in [0.05, 0.1) is 5.69 Å². The lowest BCUT2D eigenvalue weighted by molar-refractivity contribution is -0.122. The molecule has 0 spiro atoms. The molecule has 19 heavy (non-hydrogen) atoms. The molecule has 2 rings (SSSR count). The minimum absolute atomic E-state index is 0.0151. The van der Waals surface area contributed by atoms with Gasteiger partial charge in [-0.2, -0.15) is 0 Å². The maximum Gasteiger partial charge on any atom is 0.339 e. The van der Waals surface area contributed by atoms with Crippen LogP contribution in [-0.4, -0.2) is 22.0 Å². The van der Waals surface area contributed by atoms with Gasteiger partial charge in [-0.15, -0.1) is 0 Å². The second kappa shape index (κ2) is 4.72. The number of anilines is 1. The maximum absolute atomic E-state index is 12.3. The molecule has 1 aromatic heterocycles. The first-order chi connectivity index (χ1) is 8.83. The summed E-state index contributed by atoms with van der Waals surface area (Å²) in [5.41, 5.74) is 1.04. The molecule has 0 saturated heterocycles. The highest BCUT2D eigenvalue weighted by Crippen LogP contribution is 2.43. The molecule has 0 aliphatic heterocycles. The number of carbonyl (C=O) groups excluding carboxylic acids is 1. The summed E-state index contributed by atoms with van der Waals surface area (Å²) >= 11 is 0. The van der Waals surface area contributed by atoms with Crippen LogP contribution >= 0.6 is 0 Å². The van der Waals surface area contributed by atoms with Gasteiger partial charge in [-0.05, 0) is 25.2 Å². The minimum Gasteiger partial charge on any atom is -0.478 e. The number of aromatic carboxylic acids is 1. The van der Waals surface area contributed by atoms with Crippen molar-refractivity contribution in [3.63, 3.8) is 0 Å². The van der Waals surface area contributed by atoms with Gasteiger partial charge >= 0.3 is 5.97 Å². The zero-order chi connectivity index (χ0) is 14.2. The summed E-state index contributed by atoms with van der Waals surface area (Å²) in [7, 11) is 0. The summed E-state index contributed by atoms with van der Waals surface area (Å²) in [6, 6.07) is 0.